The Balaban J connectivity index is 1.78. The first-order valence-electron chi connectivity index (χ1n) is 8.51. The second kappa shape index (κ2) is 7.72. The van der Waals surface area contributed by atoms with Gasteiger partial charge in [-0.2, -0.15) is 0 Å². The minimum absolute atomic E-state index is 0.0466. The van der Waals surface area contributed by atoms with Crippen LogP contribution in [-0.4, -0.2) is 66.0 Å². The summed E-state index contributed by atoms with van der Waals surface area (Å²) in [7, 11) is 3.76. The molecular weight excluding hydrogens is 316 g/mol. The maximum atomic E-state index is 12.7. The maximum Gasteiger partial charge on any atom is 0.274 e. The summed E-state index contributed by atoms with van der Waals surface area (Å²) in [6.45, 7) is 5.23. The highest BCUT2D eigenvalue weighted by Crippen LogP contribution is 2.21. The fraction of sp³-hybridized carbons (Fsp3) is 0.421. The topological polar surface area (TPSA) is 58.6 Å². The summed E-state index contributed by atoms with van der Waals surface area (Å²) in [4.78, 5) is 25.5. The molecule has 0 N–H and O–H groups in total. The molecule has 3 rings (SSSR count). The molecule has 1 amide bonds. The Bertz CT molecular complexity index is 724. The highest BCUT2D eigenvalue weighted by molar-refractivity contribution is 5.92. The summed E-state index contributed by atoms with van der Waals surface area (Å²) in [5.41, 5.74) is 3.14. The number of benzene rings is 1. The van der Waals surface area contributed by atoms with Crippen LogP contribution in [0, 0.1) is 0 Å². The normalized spacial score (nSPS) is 16.7. The lowest BCUT2D eigenvalue weighted by molar-refractivity contribution is 0.0658. The molecule has 132 valence electrons. The fourth-order valence-corrected chi connectivity index (χ4v) is 2.84. The second-order valence-corrected chi connectivity index (χ2v) is 6.38. The molecule has 25 heavy (non-hydrogen) atoms. The van der Waals surface area contributed by atoms with Crippen molar-refractivity contribution < 1.29 is 9.53 Å². The van der Waals surface area contributed by atoms with E-state index in [0.29, 0.717) is 11.4 Å². The molecule has 1 aliphatic heterocycles. The van der Waals surface area contributed by atoms with Gasteiger partial charge in [0.15, 0.2) is 0 Å². The van der Waals surface area contributed by atoms with Crippen LogP contribution in [0.3, 0.4) is 0 Å². The average Bonchev–Trinajstić information content (AvgIpc) is 2.67. The minimum atomic E-state index is -0.0490. The van der Waals surface area contributed by atoms with Crippen molar-refractivity contribution in [2.75, 3.05) is 40.3 Å². The minimum Gasteiger partial charge on any atom is -0.377 e. The Kier molecular flexibility index (Phi) is 5.40. The van der Waals surface area contributed by atoms with Crippen LogP contribution in [0.1, 0.15) is 29.1 Å². The van der Waals surface area contributed by atoms with Crippen molar-refractivity contribution in [2.24, 2.45) is 0 Å². The zero-order valence-corrected chi connectivity index (χ0v) is 15.0. The van der Waals surface area contributed by atoms with Gasteiger partial charge in [-0.25, -0.2) is 4.98 Å². The number of carbonyl (C=O) groups is 1. The Morgan fingerprint density at radius 3 is 2.44 bits per heavy atom. The van der Waals surface area contributed by atoms with Crippen LogP contribution in [0.4, 0.5) is 0 Å². The van der Waals surface area contributed by atoms with E-state index >= 15 is 0 Å². The van der Waals surface area contributed by atoms with E-state index in [1.54, 1.807) is 19.5 Å². The molecule has 1 fully saturated rings. The number of hydrogen-bond donors (Lipinski definition) is 0. The summed E-state index contributed by atoms with van der Waals surface area (Å²) in [6, 6.07) is 8.00. The molecule has 1 aromatic heterocycles. The van der Waals surface area contributed by atoms with E-state index in [1.165, 1.54) is 0 Å². The summed E-state index contributed by atoms with van der Waals surface area (Å²) < 4.78 is 5.33. The van der Waals surface area contributed by atoms with E-state index in [0.717, 1.165) is 37.3 Å². The van der Waals surface area contributed by atoms with Gasteiger partial charge in [0.25, 0.3) is 5.91 Å². The Morgan fingerprint density at radius 1 is 1.12 bits per heavy atom. The summed E-state index contributed by atoms with van der Waals surface area (Å²) in [6.07, 6.45) is 3.28. The molecule has 1 saturated heterocycles. The van der Waals surface area contributed by atoms with E-state index in [-0.39, 0.29) is 12.0 Å². The van der Waals surface area contributed by atoms with Gasteiger partial charge in [0.05, 0.1) is 24.2 Å². The van der Waals surface area contributed by atoms with Gasteiger partial charge >= 0.3 is 0 Å². The number of nitrogens with zero attached hydrogens (tertiary/aromatic N) is 4. The van der Waals surface area contributed by atoms with Crippen LogP contribution < -0.4 is 0 Å². The Hall–Kier alpha value is -2.31. The predicted octanol–water partition coefficient (Wildman–Crippen LogP) is 2.24. The standard InChI is InChI=1S/C19H24N4O2/c1-14(25-3)15-4-6-16(7-5-15)17-12-20-13-18(21-17)19(24)23-10-8-22(2)9-11-23/h4-7,12-14H,8-11H2,1-3H3/t14-/m0/s1. The molecule has 0 saturated carbocycles. The number of likely N-dealkylation sites (N-methyl/N-ethyl adjacent to an activating group) is 1. The molecule has 1 aromatic carbocycles. The predicted molar refractivity (Wildman–Crippen MR) is 96.3 cm³/mol. The van der Waals surface area contributed by atoms with Gasteiger partial charge in [-0.15, -0.1) is 0 Å². The van der Waals surface area contributed by atoms with Gasteiger partial charge in [0.2, 0.25) is 0 Å². The number of piperazine rings is 1. The number of hydrogen-bond acceptors (Lipinski definition) is 5. The summed E-state index contributed by atoms with van der Waals surface area (Å²) >= 11 is 0. The van der Waals surface area contributed by atoms with Gasteiger partial charge in [0, 0.05) is 38.9 Å². The van der Waals surface area contributed by atoms with Gasteiger partial charge in [-0.05, 0) is 19.5 Å². The fourth-order valence-electron chi connectivity index (χ4n) is 2.84. The van der Waals surface area contributed by atoms with Gasteiger partial charge in [0.1, 0.15) is 5.69 Å². The van der Waals surface area contributed by atoms with E-state index in [9.17, 15) is 4.79 Å². The SMILES string of the molecule is CO[C@@H](C)c1ccc(-c2cncc(C(=O)N3CCN(C)CC3)n2)cc1. The van der Waals surface area contributed by atoms with Crippen molar-refractivity contribution in [1.82, 2.24) is 19.8 Å². The molecule has 2 heterocycles. The van der Waals surface area contributed by atoms with E-state index < -0.39 is 0 Å². The first-order chi connectivity index (χ1) is 12.1. The lowest BCUT2D eigenvalue weighted by Gasteiger charge is -2.32. The molecule has 2 aromatic rings. The van der Waals surface area contributed by atoms with Crippen LogP contribution >= 0.6 is 0 Å². The van der Waals surface area contributed by atoms with Crippen LogP contribution in [-0.2, 0) is 4.74 Å². The number of ether oxygens (including phenoxy) is 1. The van der Waals surface area contributed by atoms with E-state index in [4.69, 9.17) is 4.74 Å². The molecule has 6 nitrogen and oxygen atoms in total. The number of aromatic nitrogens is 2. The number of rotatable bonds is 4. The first-order valence-corrected chi connectivity index (χ1v) is 8.51. The van der Waals surface area contributed by atoms with Crippen LogP contribution in [0.2, 0.25) is 0 Å². The zero-order valence-electron chi connectivity index (χ0n) is 15.0. The molecule has 0 spiro atoms. The lowest BCUT2D eigenvalue weighted by Crippen LogP contribution is -2.47. The number of methoxy groups -OCH3 is 1. The highest BCUT2D eigenvalue weighted by Gasteiger charge is 2.22. The second-order valence-electron chi connectivity index (χ2n) is 6.38. The van der Waals surface area contributed by atoms with Crippen molar-refractivity contribution in [3.8, 4) is 11.3 Å². The monoisotopic (exact) mass is 340 g/mol. The molecule has 1 atom stereocenters. The molecule has 0 radical (unpaired) electrons. The molecule has 0 aliphatic carbocycles. The van der Waals surface area contributed by atoms with Gasteiger partial charge in [-0.1, -0.05) is 24.3 Å². The average molecular weight is 340 g/mol. The zero-order chi connectivity index (χ0) is 17.8. The Labute approximate surface area is 148 Å². The van der Waals surface area contributed by atoms with Crippen LogP contribution in [0.5, 0.6) is 0 Å². The Morgan fingerprint density at radius 2 is 1.80 bits per heavy atom. The lowest BCUT2D eigenvalue weighted by atomic mass is 10.1. The smallest absolute Gasteiger partial charge is 0.274 e. The van der Waals surface area contributed by atoms with Crippen LogP contribution in [0.15, 0.2) is 36.7 Å². The third-order valence-corrected chi connectivity index (χ3v) is 4.67. The highest BCUT2D eigenvalue weighted by atomic mass is 16.5. The maximum absolute atomic E-state index is 12.7. The van der Waals surface area contributed by atoms with Gasteiger partial charge < -0.3 is 14.5 Å². The van der Waals surface area contributed by atoms with Crippen molar-refractivity contribution in [1.29, 1.82) is 0 Å². The van der Waals surface area contributed by atoms with E-state index in [2.05, 4.69) is 21.9 Å². The quantitative estimate of drug-likeness (QED) is 0.854. The van der Waals surface area contributed by atoms with Gasteiger partial charge in [-0.3, -0.25) is 9.78 Å². The van der Waals surface area contributed by atoms with E-state index in [1.807, 2.05) is 36.1 Å². The largest absolute Gasteiger partial charge is 0.377 e. The number of carbonyl (C=O) groups excluding carboxylic acids is 1. The third-order valence-electron chi connectivity index (χ3n) is 4.67. The molecular formula is C19H24N4O2. The van der Waals surface area contributed by atoms with Crippen LogP contribution in [0.25, 0.3) is 11.3 Å². The molecule has 0 unspecified atom stereocenters. The summed E-state index contributed by atoms with van der Waals surface area (Å²) in [5.74, 6) is -0.0490. The third kappa shape index (κ3) is 4.03. The van der Waals surface area contributed by atoms with Crippen molar-refractivity contribution in [3.05, 3.63) is 47.9 Å². The summed E-state index contributed by atoms with van der Waals surface area (Å²) in [5, 5.41) is 0. The molecule has 1 aliphatic rings. The van der Waals surface area contributed by atoms with Crippen molar-refractivity contribution in [3.63, 3.8) is 0 Å². The first kappa shape index (κ1) is 17.5. The number of amides is 1. The van der Waals surface area contributed by atoms with Crippen molar-refractivity contribution >= 4 is 5.91 Å². The molecule has 6 heteroatoms. The molecule has 0 bridgehead atoms. The van der Waals surface area contributed by atoms with Crippen molar-refractivity contribution in [2.45, 2.75) is 13.0 Å².